The number of fused-ring (bicyclic) bond motifs is 7. The molecule has 0 amide bonds. The molecule has 2 nitrogen and oxygen atoms in total. The fourth-order valence-electron chi connectivity index (χ4n) is 11.9. The van der Waals surface area contributed by atoms with Crippen molar-refractivity contribution in [2.75, 3.05) is 9.80 Å². The average molecular weight is 957 g/mol. The Balaban J connectivity index is 1.34. The van der Waals surface area contributed by atoms with Crippen molar-refractivity contribution in [1.29, 1.82) is 0 Å². The van der Waals surface area contributed by atoms with Crippen molar-refractivity contribution in [1.82, 2.24) is 0 Å². The number of benzene rings is 6. The Labute approximate surface area is 433 Å². The lowest BCUT2D eigenvalue weighted by molar-refractivity contribution is 0.332. The summed E-state index contributed by atoms with van der Waals surface area (Å²) < 4.78 is 2.78. The SMILES string of the molecule is Cc1cc2c3c(c1)N(c1ccc4c(c1)C(C)(C)CCC4(C)C)c1c(sc4ccc(C(C)(C)C)cc14)B3c1ccc(C(C)(C)C)cc1N2c1ccc(C(C)(C)C)cc1-c1cc(C(C)(C)C)cc(C(C)(C)C)c1. The predicted octanol–water partition coefficient (Wildman–Crippen LogP) is 17.8. The predicted molar refractivity (Wildman–Crippen MR) is 315 cm³/mol. The van der Waals surface area contributed by atoms with Crippen LogP contribution < -0.4 is 25.5 Å². The summed E-state index contributed by atoms with van der Waals surface area (Å²) in [6, 6.07) is 42.3. The Bertz CT molecular complexity index is 3270. The normalized spacial score (nSPS) is 16.5. The maximum absolute atomic E-state index is 2.71. The molecule has 0 atom stereocenters. The molecular weight excluding hydrogens is 876 g/mol. The van der Waals surface area contributed by atoms with Crippen molar-refractivity contribution in [2.24, 2.45) is 0 Å². The molecule has 0 fully saturated rings. The van der Waals surface area contributed by atoms with Gasteiger partial charge in [0.2, 0.25) is 0 Å². The van der Waals surface area contributed by atoms with E-state index in [0.717, 1.165) is 0 Å². The molecule has 2 aliphatic heterocycles. The van der Waals surface area contributed by atoms with Crippen LogP contribution in [0.25, 0.3) is 21.2 Å². The fraction of sp³-hybridized carbons (Fsp3) is 0.433. The number of aryl methyl sites for hydroxylation is 1. The van der Waals surface area contributed by atoms with Gasteiger partial charge >= 0.3 is 0 Å². The molecule has 368 valence electrons. The highest BCUT2D eigenvalue weighted by Crippen LogP contribution is 2.53. The molecule has 3 heterocycles. The van der Waals surface area contributed by atoms with Crippen LogP contribution in [0.1, 0.15) is 189 Å². The molecular formula is C67H81BN2S. The van der Waals surface area contributed by atoms with Gasteiger partial charge in [-0.1, -0.05) is 180 Å². The lowest BCUT2D eigenvalue weighted by atomic mass is 9.36. The summed E-state index contributed by atoms with van der Waals surface area (Å²) in [4.78, 5) is 5.40. The molecule has 10 rings (SSSR count). The molecule has 4 heteroatoms. The zero-order chi connectivity index (χ0) is 51.5. The first kappa shape index (κ1) is 49.5. The Morgan fingerprint density at radius 3 is 1.58 bits per heavy atom. The van der Waals surface area contributed by atoms with Crippen LogP contribution in [-0.2, 0) is 37.9 Å². The second-order valence-corrected chi connectivity index (χ2v) is 29.5. The van der Waals surface area contributed by atoms with Gasteiger partial charge in [0, 0.05) is 43.2 Å². The van der Waals surface area contributed by atoms with Crippen LogP contribution in [0.3, 0.4) is 0 Å². The molecule has 6 aromatic carbocycles. The van der Waals surface area contributed by atoms with Gasteiger partial charge < -0.3 is 9.80 Å². The maximum atomic E-state index is 2.71. The van der Waals surface area contributed by atoms with Crippen LogP contribution in [0.15, 0.2) is 103 Å². The van der Waals surface area contributed by atoms with Gasteiger partial charge in [-0.2, -0.15) is 0 Å². The van der Waals surface area contributed by atoms with E-state index in [1.54, 1.807) is 0 Å². The third-order valence-electron chi connectivity index (χ3n) is 16.7. The Morgan fingerprint density at radius 1 is 0.465 bits per heavy atom. The third-order valence-corrected chi connectivity index (χ3v) is 17.9. The summed E-state index contributed by atoms with van der Waals surface area (Å²) in [5.41, 5.74) is 24.1. The maximum Gasteiger partial charge on any atom is 0.264 e. The van der Waals surface area contributed by atoms with Crippen molar-refractivity contribution < 1.29 is 0 Å². The van der Waals surface area contributed by atoms with Crippen LogP contribution in [0.4, 0.5) is 34.1 Å². The highest BCUT2D eigenvalue weighted by molar-refractivity contribution is 7.33. The summed E-state index contributed by atoms with van der Waals surface area (Å²) in [7, 11) is 0. The summed E-state index contributed by atoms with van der Waals surface area (Å²) in [5.74, 6) is 0. The van der Waals surface area contributed by atoms with E-state index in [0.29, 0.717) is 0 Å². The number of thiophene rings is 1. The Kier molecular flexibility index (Phi) is 11.1. The van der Waals surface area contributed by atoms with E-state index in [2.05, 4.69) is 251 Å². The summed E-state index contributed by atoms with van der Waals surface area (Å²) in [6.45, 7) is 47.6. The number of hydrogen-bond donors (Lipinski definition) is 0. The quantitative estimate of drug-likeness (QED) is 0.163. The molecule has 1 aromatic heterocycles. The van der Waals surface area contributed by atoms with Gasteiger partial charge in [0.25, 0.3) is 6.71 Å². The minimum Gasteiger partial charge on any atom is -0.311 e. The molecule has 1 aliphatic carbocycles. The van der Waals surface area contributed by atoms with Gasteiger partial charge in [0.15, 0.2) is 0 Å². The van der Waals surface area contributed by atoms with E-state index in [1.165, 1.54) is 128 Å². The first-order valence-corrected chi connectivity index (χ1v) is 27.5. The van der Waals surface area contributed by atoms with Crippen molar-refractivity contribution >= 4 is 78.0 Å². The van der Waals surface area contributed by atoms with Gasteiger partial charge in [0.05, 0.1) is 11.4 Å². The molecule has 0 saturated carbocycles. The summed E-state index contributed by atoms with van der Waals surface area (Å²) >= 11 is 2.01. The van der Waals surface area contributed by atoms with Crippen molar-refractivity contribution in [2.45, 2.75) is 189 Å². The van der Waals surface area contributed by atoms with Crippen LogP contribution in [0.5, 0.6) is 0 Å². The number of rotatable bonds is 3. The lowest BCUT2D eigenvalue weighted by Crippen LogP contribution is -2.60. The van der Waals surface area contributed by atoms with Gasteiger partial charge in [-0.3, -0.25) is 0 Å². The van der Waals surface area contributed by atoms with Gasteiger partial charge in [-0.05, 0) is 173 Å². The van der Waals surface area contributed by atoms with Crippen molar-refractivity contribution in [3.63, 3.8) is 0 Å². The standard InChI is InChI=1S/C67H81BN2S/c1-40-31-55-58-56(32-40)70(53-27-22-42(61(2,3)4)36-48(53)41-33-45(64(11,12)13)35-46(34-41)65(14,15)16)54-38-44(63(8,9)10)21-26-52(54)68(58)60-59(49-37-43(62(5,6)7)23-28-57(49)71-60)69(55)47-24-25-50-51(39-47)67(19,20)30-29-66(50,17)18/h21-28,31-39H,29-30H2,1-20H3. The van der Waals surface area contributed by atoms with E-state index in [1.807, 2.05) is 11.3 Å². The second kappa shape index (κ2) is 16.0. The topological polar surface area (TPSA) is 6.48 Å². The third kappa shape index (κ3) is 8.31. The van der Waals surface area contributed by atoms with Gasteiger partial charge in [-0.25, -0.2) is 0 Å². The molecule has 0 saturated heterocycles. The Hall–Kier alpha value is -5.06. The molecule has 0 spiro atoms. The lowest BCUT2D eigenvalue weighted by Gasteiger charge is -2.45. The highest BCUT2D eigenvalue weighted by Gasteiger charge is 2.47. The largest absolute Gasteiger partial charge is 0.311 e. The molecule has 71 heavy (non-hydrogen) atoms. The van der Waals surface area contributed by atoms with Crippen LogP contribution in [-0.4, -0.2) is 6.71 Å². The van der Waals surface area contributed by atoms with Crippen LogP contribution in [0.2, 0.25) is 0 Å². The van der Waals surface area contributed by atoms with Crippen molar-refractivity contribution in [3.05, 3.63) is 148 Å². The first-order chi connectivity index (χ1) is 32.7. The summed E-state index contributed by atoms with van der Waals surface area (Å²) in [5, 5.41) is 1.35. The minimum absolute atomic E-state index is 0.00713. The van der Waals surface area contributed by atoms with E-state index in [4.69, 9.17) is 0 Å². The average Bonchev–Trinajstić information content (AvgIpc) is 3.64. The number of nitrogens with zero attached hydrogens (tertiary/aromatic N) is 2. The van der Waals surface area contributed by atoms with E-state index in [9.17, 15) is 0 Å². The van der Waals surface area contributed by atoms with Crippen LogP contribution in [0, 0.1) is 6.92 Å². The molecule has 0 unspecified atom stereocenters. The number of anilines is 6. The monoisotopic (exact) mass is 957 g/mol. The molecule has 0 N–H and O–H groups in total. The molecule has 0 radical (unpaired) electrons. The zero-order valence-corrected chi connectivity index (χ0v) is 47.9. The summed E-state index contributed by atoms with van der Waals surface area (Å²) in [6.07, 6.45) is 2.37. The minimum atomic E-state index is -0.0510. The second-order valence-electron chi connectivity index (χ2n) is 28.4. The molecule has 7 aromatic rings. The van der Waals surface area contributed by atoms with Crippen LogP contribution >= 0.6 is 11.3 Å². The zero-order valence-electron chi connectivity index (χ0n) is 47.1. The van der Waals surface area contributed by atoms with Crippen molar-refractivity contribution in [3.8, 4) is 11.1 Å². The van der Waals surface area contributed by atoms with E-state index >= 15 is 0 Å². The van der Waals surface area contributed by atoms with E-state index < -0.39 is 0 Å². The van der Waals surface area contributed by atoms with E-state index in [-0.39, 0.29) is 44.6 Å². The molecule has 0 bridgehead atoms. The number of hydrogen-bond acceptors (Lipinski definition) is 3. The molecule has 3 aliphatic rings. The van der Waals surface area contributed by atoms with Gasteiger partial charge in [-0.15, -0.1) is 11.3 Å². The smallest absolute Gasteiger partial charge is 0.264 e. The van der Waals surface area contributed by atoms with Gasteiger partial charge in [0.1, 0.15) is 0 Å². The fourth-order valence-corrected chi connectivity index (χ4v) is 13.2. The Morgan fingerprint density at radius 2 is 0.986 bits per heavy atom. The highest BCUT2D eigenvalue weighted by atomic mass is 32.1. The first-order valence-electron chi connectivity index (χ1n) is 26.7.